The lowest BCUT2D eigenvalue weighted by molar-refractivity contribution is 0.628. The second-order valence-electron chi connectivity index (χ2n) is 7.80. The Bertz CT molecular complexity index is 1700. The number of anilines is 2. The first-order valence-corrected chi connectivity index (χ1v) is 10.9. The number of thiocarbonyl (C=S) groups is 1. The molecule has 0 fully saturated rings. The van der Waals surface area contributed by atoms with Crippen LogP contribution in [0.3, 0.4) is 0 Å². The quantitative estimate of drug-likeness (QED) is 0.169. The van der Waals surface area contributed by atoms with Gasteiger partial charge in [0.2, 0.25) is 0 Å². The number of halogens is 1. The highest BCUT2D eigenvalue weighted by molar-refractivity contribution is 7.80. The summed E-state index contributed by atoms with van der Waals surface area (Å²) in [5.74, 6) is -0.292. The standard InChI is InChI=1S/C27H17FN4S/c28-16-9-11-17(12-10-16)29-27(33)30-18-13-14-23-24(15-18)32-26-22-8-4-2-6-20(22)19-5-1-3-7-21(19)25(26)31-23/h1-15H,(H2,29,30,33). The van der Waals surface area contributed by atoms with E-state index in [1.807, 2.05) is 36.4 Å². The number of rotatable bonds is 2. The van der Waals surface area contributed by atoms with E-state index in [0.717, 1.165) is 43.9 Å². The van der Waals surface area contributed by atoms with Gasteiger partial charge in [0.25, 0.3) is 0 Å². The lowest BCUT2D eigenvalue weighted by Crippen LogP contribution is -2.19. The van der Waals surface area contributed by atoms with Crippen molar-refractivity contribution >= 4 is 72.3 Å². The summed E-state index contributed by atoms with van der Waals surface area (Å²) in [4.78, 5) is 9.99. The van der Waals surface area contributed by atoms with Crippen molar-refractivity contribution in [2.75, 3.05) is 10.6 Å². The van der Waals surface area contributed by atoms with Crippen molar-refractivity contribution in [2.45, 2.75) is 0 Å². The van der Waals surface area contributed by atoms with Crippen LogP contribution in [0.15, 0.2) is 91.0 Å². The first-order valence-electron chi connectivity index (χ1n) is 10.5. The van der Waals surface area contributed by atoms with E-state index in [2.05, 4.69) is 41.0 Å². The zero-order valence-electron chi connectivity index (χ0n) is 17.3. The minimum atomic E-state index is -0.292. The van der Waals surface area contributed by atoms with Crippen molar-refractivity contribution in [3.63, 3.8) is 0 Å². The molecule has 0 unspecified atom stereocenters. The summed E-state index contributed by atoms with van der Waals surface area (Å²) in [7, 11) is 0. The predicted octanol–water partition coefficient (Wildman–Crippen LogP) is 7.04. The Morgan fingerprint density at radius 2 is 1.12 bits per heavy atom. The normalized spacial score (nSPS) is 11.3. The van der Waals surface area contributed by atoms with Crippen LogP contribution in [-0.4, -0.2) is 15.1 Å². The Labute approximate surface area is 194 Å². The second-order valence-corrected chi connectivity index (χ2v) is 8.21. The molecule has 1 aromatic heterocycles. The second kappa shape index (κ2) is 7.76. The highest BCUT2D eigenvalue weighted by Gasteiger charge is 2.12. The minimum Gasteiger partial charge on any atom is -0.332 e. The summed E-state index contributed by atoms with van der Waals surface area (Å²) in [5, 5.41) is 11.1. The van der Waals surface area contributed by atoms with Crippen LogP contribution in [0, 0.1) is 5.82 Å². The van der Waals surface area contributed by atoms with Gasteiger partial charge in [-0.15, -0.1) is 0 Å². The van der Waals surface area contributed by atoms with Crippen LogP contribution in [0.4, 0.5) is 15.8 Å². The van der Waals surface area contributed by atoms with Gasteiger partial charge in [-0.25, -0.2) is 14.4 Å². The van der Waals surface area contributed by atoms with Gasteiger partial charge in [0.15, 0.2) is 5.11 Å². The average molecular weight is 449 g/mol. The van der Waals surface area contributed by atoms with E-state index >= 15 is 0 Å². The van der Waals surface area contributed by atoms with Gasteiger partial charge in [-0.3, -0.25) is 0 Å². The monoisotopic (exact) mass is 448 g/mol. The van der Waals surface area contributed by atoms with Crippen molar-refractivity contribution in [1.82, 2.24) is 9.97 Å². The Balaban J connectivity index is 1.44. The third kappa shape index (κ3) is 3.50. The molecule has 6 rings (SSSR count). The van der Waals surface area contributed by atoms with Crippen LogP contribution in [-0.2, 0) is 0 Å². The zero-order valence-corrected chi connectivity index (χ0v) is 18.2. The fraction of sp³-hybridized carbons (Fsp3) is 0. The molecular weight excluding hydrogens is 431 g/mol. The molecule has 0 atom stereocenters. The molecule has 6 heteroatoms. The van der Waals surface area contributed by atoms with E-state index in [-0.39, 0.29) is 5.82 Å². The molecule has 0 aliphatic carbocycles. The van der Waals surface area contributed by atoms with Crippen LogP contribution in [0.2, 0.25) is 0 Å². The number of fused-ring (bicyclic) bond motifs is 7. The molecule has 1 heterocycles. The van der Waals surface area contributed by atoms with Gasteiger partial charge in [0, 0.05) is 22.1 Å². The number of benzene rings is 5. The number of nitrogens with one attached hydrogen (secondary N) is 2. The molecule has 0 aliphatic heterocycles. The van der Waals surface area contributed by atoms with Crippen molar-refractivity contribution in [3.05, 3.63) is 96.8 Å². The third-order valence-electron chi connectivity index (χ3n) is 5.68. The van der Waals surface area contributed by atoms with Gasteiger partial charge in [-0.05, 0) is 65.5 Å². The molecule has 0 spiro atoms. The fourth-order valence-electron chi connectivity index (χ4n) is 4.18. The van der Waals surface area contributed by atoms with E-state index in [4.69, 9.17) is 22.2 Å². The molecular formula is C27H17FN4S. The fourth-order valence-corrected chi connectivity index (χ4v) is 4.42. The first kappa shape index (κ1) is 19.5. The van der Waals surface area contributed by atoms with Gasteiger partial charge in [0.05, 0.1) is 22.1 Å². The molecule has 0 aliphatic rings. The molecule has 0 amide bonds. The number of aromatic nitrogens is 2. The van der Waals surface area contributed by atoms with Gasteiger partial charge < -0.3 is 10.6 Å². The Morgan fingerprint density at radius 1 is 0.606 bits per heavy atom. The molecule has 0 bridgehead atoms. The number of hydrogen-bond acceptors (Lipinski definition) is 3. The number of hydrogen-bond donors (Lipinski definition) is 2. The summed E-state index contributed by atoms with van der Waals surface area (Å²) < 4.78 is 13.1. The summed E-state index contributed by atoms with van der Waals surface area (Å²) in [6.07, 6.45) is 0. The van der Waals surface area contributed by atoms with E-state index in [9.17, 15) is 4.39 Å². The topological polar surface area (TPSA) is 49.8 Å². The molecule has 2 N–H and O–H groups in total. The van der Waals surface area contributed by atoms with Crippen LogP contribution in [0.25, 0.3) is 43.6 Å². The zero-order chi connectivity index (χ0) is 22.4. The van der Waals surface area contributed by atoms with Crippen LogP contribution >= 0.6 is 12.2 Å². The molecule has 0 radical (unpaired) electrons. The molecule has 6 aromatic rings. The summed E-state index contributed by atoms with van der Waals surface area (Å²) in [5.41, 5.74) is 4.86. The van der Waals surface area contributed by atoms with E-state index in [0.29, 0.717) is 10.8 Å². The average Bonchev–Trinajstić information content (AvgIpc) is 2.84. The van der Waals surface area contributed by atoms with Crippen LogP contribution in [0.5, 0.6) is 0 Å². The van der Waals surface area contributed by atoms with Gasteiger partial charge >= 0.3 is 0 Å². The maximum absolute atomic E-state index is 13.1. The Hall–Kier alpha value is -4.16. The van der Waals surface area contributed by atoms with Gasteiger partial charge in [-0.2, -0.15) is 0 Å². The first-order chi connectivity index (χ1) is 16.2. The lowest BCUT2D eigenvalue weighted by atomic mass is 9.99. The molecule has 0 saturated heterocycles. The minimum absolute atomic E-state index is 0.292. The van der Waals surface area contributed by atoms with E-state index < -0.39 is 0 Å². The SMILES string of the molecule is Fc1ccc(NC(=S)Nc2ccc3nc4c5ccccc5c5ccccc5c4nc3c2)cc1. The lowest BCUT2D eigenvalue weighted by Gasteiger charge is -2.12. The third-order valence-corrected chi connectivity index (χ3v) is 5.88. The van der Waals surface area contributed by atoms with Gasteiger partial charge in [0.1, 0.15) is 5.82 Å². The Kier molecular flexibility index (Phi) is 4.59. The molecule has 0 saturated carbocycles. The molecule has 5 aromatic carbocycles. The van der Waals surface area contributed by atoms with Crippen molar-refractivity contribution in [1.29, 1.82) is 0 Å². The largest absolute Gasteiger partial charge is 0.332 e. The molecule has 4 nitrogen and oxygen atoms in total. The highest BCUT2D eigenvalue weighted by Crippen LogP contribution is 2.34. The van der Waals surface area contributed by atoms with Gasteiger partial charge in [-0.1, -0.05) is 48.5 Å². The van der Waals surface area contributed by atoms with Crippen LogP contribution in [0.1, 0.15) is 0 Å². The molecule has 158 valence electrons. The number of nitrogens with zero attached hydrogens (tertiary/aromatic N) is 2. The highest BCUT2D eigenvalue weighted by atomic mass is 32.1. The maximum atomic E-state index is 13.1. The molecule has 33 heavy (non-hydrogen) atoms. The van der Waals surface area contributed by atoms with E-state index in [1.165, 1.54) is 17.5 Å². The van der Waals surface area contributed by atoms with E-state index in [1.54, 1.807) is 12.1 Å². The maximum Gasteiger partial charge on any atom is 0.175 e. The van der Waals surface area contributed by atoms with Crippen molar-refractivity contribution < 1.29 is 4.39 Å². The van der Waals surface area contributed by atoms with Crippen molar-refractivity contribution in [2.24, 2.45) is 0 Å². The smallest absolute Gasteiger partial charge is 0.175 e. The Morgan fingerprint density at radius 3 is 1.76 bits per heavy atom. The van der Waals surface area contributed by atoms with Crippen LogP contribution < -0.4 is 10.6 Å². The summed E-state index contributed by atoms with van der Waals surface area (Å²) in [6, 6.07) is 28.4. The summed E-state index contributed by atoms with van der Waals surface area (Å²) in [6.45, 7) is 0. The predicted molar refractivity (Wildman–Crippen MR) is 138 cm³/mol. The summed E-state index contributed by atoms with van der Waals surface area (Å²) >= 11 is 5.41. The van der Waals surface area contributed by atoms with Crippen molar-refractivity contribution in [3.8, 4) is 0 Å².